The number of carbonyl (C=O) groups excluding carboxylic acids is 1. The Bertz CT molecular complexity index is 1150. The molecular formula is C24H31N3O4. The summed E-state index contributed by atoms with van der Waals surface area (Å²) in [5.74, 6) is -0.147. The second-order valence-electron chi connectivity index (χ2n) is 8.88. The SMILES string of the molecule is CC1=C(C(=O)OCC(C)C)C(c2ccc(C(C)C)cc2)c2c(n(C)c(=O)n(C)c2=O)N1. The molecule has 1 atom stereocenters. The number of carbonyl (C=O) groups is 1. The standard InChI is InChI=1S/C24H31N3O4/c1-13(2)12-31-23(29)18-15(5)25-21-20(22(28)27(7)24(30)26(21)6)19(18)17-10-8-16(9-11-17)14(3)4/h8-11,13-14,19,25H,12H2,1-7H3. The Labute approximate surface area is 182 Å². The topological polar surface area (TPSA) is 82.3 Å². The largest absolute Gasteiger partial charge is 0.462 e. The second-order valence-corrected chi connectivity index (χ2v) is 8.88. The molecule has 7 heteroatoms. The Kier molecular flexibility index (Phi) is 6.25. The maximum absolute atomic E-state index is 13.2. The lowest BCUT2D eigenvalue weighted by Crippen LogP contribution is -2.43. The molecule has 166 valence electrons. The molecule has 0 fully saturated rings. The molecule has 0 bridgehead atoms. The van der Waals surface area contributed by atoms with Gasteiger partial charge in [0.15, 0.2) is 0 Å². The van der Waals surface area contributed by atoms with Gasteiger partial charge in [0.2, 0.25) is 0 Å². The zero-order chi connectivity index (χ0) is 23.0. The van der Waals surface area contributed by atoms with Crippen molar-refractivity contribution in [3.05, 3.63) is 73.1 Å². The lowest BCUT2D eigenvalue weighted by Gasteiger charge is -2.31. The van der Waals surface area contributed by atoms with Crippen LogP contribution in [0, 0.1) is 5.92 Å². The quantitative estimate of drug-likeness (QED) is 0.744. The highest BCUT2D eigenvalue weighted by molar-refractivity contribution is 5.94. The Morgan fingerprint density at radius 1 is 1.06 bits per heavy atom. The molecule has 3 rings (SSSR count). The van der Waals surface area contributed by atoms with Gasteiger partial charge in [-0.25, -0.2) is 9.59 Å². The van der Waals surface area contributed by atoms with E-state index in [1.807, 2.05) is 38.1 Å². The predicted molar refractivity (Wildman–Crippen MR) is 121 cm³/mol. The molecular weight excluding hydrogens is 394 g/mol. The van der Waals surface area contributed by atoms with Crippen LogP contribution in [-0.4, -0.2) is 21.7 Å². The molecule has 7 nitrogen and oxygen atoms in total. The second kappa shape index (κ2) is 8.57. The van der Waals surface area contributed by atoms with Gasteiger partial charge in [-0.05, 0) is 29.9 Å². The fourth-order valence-corrected chi connectivity index (χ4v) is 3.89. The van der Waals surface area contributed by atoms with E-state index in [4.69, 9.17) is 4.74 Å². The zero-order valence-corrected chi connectivity index (χ0v) is 19.3. The number of rotatable bonds is 5. The summed E-state index contributed by atoms with van der Waals surface area (Å²) >= 11 is 0. The minimum atomic E-state index is -0.636. The van der Waals surface area contributed by atoms with Crippen molar-refractivity contribution in [2.75, 3.05) is 11.9 Å². The monoisotopic (exact) mass is 425 g/mol. The third kappa shape index (κ3) is 4.09. The minimum Gasteiger partial charge on any atom is -0.462 e. The summed E-state index contributed by atoms with van der Waals surface area (Å²) in [5, 5.41) is 3.11. The van der Waals surface area contributed by atoms with Crippen LogP contribution >= 0.6 is 0 Å². The van der Waals surface area contributed by atoms with E-state index in [-0.39, 0.29) is 12.5 Å². The van der Waals surface area contributed by atoms with E-state index < -0.39 is 23.1 Å². The van der Waals surface area contributed by atoms with Crippen molar-refractivity contribution >= 4 is 11.8 Å². The van der Waals surface area contributed by atoms with E-state index in [2.05, 4.69) is 19.2 Å². The number of nitrogens with one attached hydrogen (secondary N) is 1. The number of ether oxygens (including phenoxy) is 1. The Morgan fingerprint density at radius 3 is 2.23 bits per heavy atom. The van der Waals surface area contributed by atoms with Gasteiger partial charge in [-0.3, -0.25) is 13.9 Å². The van der Waals surface area contributed by atoms with Gasteiger partial charge in [-0.1, -0.05) is 52.0 Å². The Morgan fingerprint density at radius 2 is 1.68 bits per heavy atom. The smallest absolute Gasteiger partial charge is 0.336 e. The van der Waals surface area contributed by atoms with Gasteiger partial charge in [-0.2, -0.15) is 0 Å². The molecule has 31 heavy (non-hydrogen) atoms. The molecule has 0 aliphatic carbocycles. The van der Waals surface area contributed by atoms with E-state index in [0.29, 0.717) is 28.6 Å². The van der Waals surface area contributed by atoms with Gasteiger partial charge in [0, 0.05) is 19.8 Å². The van der Waals surface area contributed by atoms with Crippen LogP contribution in [0.4, 0.5) is 5.82 Å². The van der Waals surface area contributed by atoms with E-state index in [0.717, 1.165) is 15.7 Å². The molecule has 1 aliphatic rings. The number of nitrogens with zero attached hydrogens (tertiary/aromatic N) is 2. The molecule has 1 aromatic carbocycles. The molecule has 0 radical (unpaired) electrons. The molecule has 1 aromatic heterocycles. The first-order valence-electron chi connectivity index (χ1n) is 10.6. The van der Waals surface area contributed by atoms with Crippen LogP contribution in [0.25, 0.3) is 0 Å². The average molecular weight is 426 g/mol. The lowest BCUT2D eigenvalue weighted by atomic mass is 9.81. The highest BCUT2D eigenvalue weighted by Crippen LogP contribution is 2.40. The number of aromatic nitrogens is 2. The van der Waals surface area contributed by atoms with E-state index in [9.17, 15) is 14.4 Å². The van der Waals surface area contributed by atoms with Gasteiger partial charge in [0.1, 0.15) is 5.82 Å². The van der Waals surface area contributed by atoms with Gasteiger partial charge in [-0.15, -0.1) is 0 Å². The summed E-state index contributed by atoms with van der Waals surface area (Å²) in [6.45, 7) is 10.2. The number of hydrogen-bond acceptors (Lipinski definition) is 5. The summed E-state index contributed by atoms with van der Waals surface area (Å²) in [7, 11) is 3.06. The van der Waals surface area contributed by atoms with Crippen LogP contribution < -0.4 is 16.6 Å². The van der Waals surface area contributed by atoms with Crippen LogP contribution in [-0.2, 0) is 23.6 Å². The third-order valence-electron chi connectivity index (χ3n) is 5.69. The molecule has 0 spiro atoms. The zero-order valence-electron chi connectivity index (χ0n) is 19.3. The molecule has 1 N–H and O–H groups in total. The van der Waals surface area contributed by atoms with Crippen molar-refractivity contribution in [3.8, 4) is 0 Å². The van der Waals surface area contributed by atoms with Crippen LogP contribution in [0.5, 0.6) is 0 Å². The number of allylic oxidation sites excluding steroid dienone is 1. The van der Waals surface area contributed by atoms with Gasteiger partial charge >= 0.3 is 11.7 Å². The Balaban J connectivity index is 2.26. The molecule has 2 aromatic rings. The maximum Gasteiger partial charge on any atom is 0.336 e. The van der Waals surface area contributed by atoms with Crippen molar-refractivity contribution in [2.45, 2.75) is 46.5 Å². The number of anilines is 1. The fraction of sp³-hybridized carbons (Fsp3) is 0.458. The van der Waals surface area contributed by atoms with Crippen LogP contribution in [0.1, 0.15) is 63.1 Å². The number of hydrogen-bond donors (Lipinski definition) is 1. The molecule has 1 unspecified atom stereocenters. The summed E-state index contributed by atoms with van der Waals surface area (Å²) in [5.41, 5.74) is 2.44. The summed E-state index contributed by atoms with van der Waals surface area (Å²) in [6, 6.07) is 7.92. The maximum atomic E-state index is 13.2. The van der Waals surface area contributed by atoms with Gasteiger partial charge in [0.25, 0.3) is 5.56 Å². The number of fused-ring (bicyclic) bond motifs is 1. The molecule has 2 heterocycles. The fourth-order valence-electron chi connectivity index (χ4n) is 3.89. The molecule has 0 amide bonds. The van der Waals surface area contributed by atoms with E-state index in [1.54, 1.807) is 14.0 Å². The van der Waals surface area contributed by atoms with E-state index in [1.165, 1.54) is 11.6 Å². The highest BCUT2D eigenvalue weighted by Gasteiger charge is 2.37. The van der Waals surface area contributed by atoms with Crippen molar-refractivity contribution in [3.63, 3.8) is 0 Å². The average Bonchev–Trinajstić information content (AvgIpc) is 2.73. The van der Waals surface area contributed by atoms with Crippen LogP contribution in [0.2, 0.25) is 0 Å². The van der Waals surface area contributed by atoms with Crippen molar-refractivity contribution in [1.29, 1.82) is 0 Å². The van der Waals surface area contributed by atoms with Crippen molar-refractivity contribution in [2.24, 2.45) is 20.0 Å². The van der Waals surface area contributed by atoms with Crippen molar-refractivity contribution in [1.82, 2.24) is 9.13 Å². The van der Waals surface area contributed by atoms with Crippen molar-refractivity contribution < 1.29 is 9.53 Å². The van der Waals surface area contributed by atoms with Crippen LogP contribution in [0.15, 0.2) is 45.1 Å². The predicted octanol–water partition coefficient (Wildman–Crippen LogP) is 3.24. The highest BCUT2D eigenvalue weighted by atomic mass is 16.5. The normalized spacial score (nSPS) is 15.8. The minimum absolute atomic E-state index is 0.186. The molecule has 1 aliphatic heterocycles. The summed E-state index contributed by atoms with van der Waals surface area (Å²) < 4.78 is 8.04. The number of benzene rings is 1. The summed E-state index contributed by atoms with van der Waals surface area (Å²) in [4.78, 5) is 38.9. The first-order chi connectivity index (χ1) is 14.5. The molecule has 0 saturated carbocycles. The molecule has 0 saturated heterocycles. The first-order valence-corrected chi connectivity index (χ1v) is 10.6. The Hall–Kier alpha value is -3.09. The summed E-state index contributed by atoms with van der Waals surface area (Å²) in [6.07, 6.45) is 0. The van der Waals surface area contributed by atoms with Gasteiger partial charge in [0.05, 0.1) is 23.7 Å². The lowest BCUT2D eigenvalue weighted by molar-refractivity contribution is -0.140. The van der Waals surface area contributed by atoms with E-state index >= 15 is 0 Å². The van der Waals surface area contributed by atoms with Gasteiger partial charge < -0.3 is 10.1 Å². The third-order valence-corrected chi connectivity index (χ3v) is 5.69. The number of esters is 1. The first kappa shape index (κ1) is 22.6. The van der Waals surface area contributed by atoms with Crippen LogP contribution in [0.3, 0.4) is 0 Å².